The molecule has 0 bridgehead atoms. The predicted molar refractivity (Wildman–Crippen MR) is 64.0 cm³/mol. The number of hydrogen-bond donors (Lipinski definition) is 2. The standard InChI is InChI=1S/C12H15F3N4O/c1-7-6-19-9(5-16-7)8(4-17-19)10(20)18-11(2-3-11)12(13,14)15/h4,7,16H,2-3,5-6H2,1H3,(H,18,20)/t7-/m0/s1. The lowest BCUT2D eigenvalue weighted by Gasteiger charge is -2.23. The summed E-state index contributed by atoms with van der Waals surface area (Å²) in [4.78, 5) is 12.1. The summed E-state index contributed by atoms with van der Waals surface area (Å²) in [5, 5.41) is 9.37. The minimum atomic E-state index is -4.40. The van der Waals surface area contributed by atoms with Crippen molar-refractivity contribution >= 4 is 5.91 Å². The van der Waals surface area contributed by atoms with Crippen molar-refractivity contribution in [1.29, 1.82) is 0 Å². The number of amides is 1. The highest BCUT2D eigenvalue weighted by Crippen LogP contribution is 2.49. The minimum absolute atomic E-state index is 0.0546. The van der Waals surface area contributed by atoms with E-state index in [1.54, 1.807) is 4.68 Å². The number of halogens is 3. The van der Waals surface area contributed by atoms with Gasteiger partial charge in [-0.1, -0.05) is 0 Å². The van der Waals surface area contributed by atoms with Crippen molar-refractivity contribution in [2.75, 3.05) is 0 Å². The molecule has 1 atom stereocenters. The molecule has 0 aromatic carbocycles. The first-order chi connectivity index (χ1) is 9.32. The van der Waals surface area contributed by atoms with Crippen LogP contribution in [0.3, 0.4) is 0 Å². The second-order valence-corrected chi connectivity index (χ2v) is 5.50. The lowest BCUT2D eigenvalue weighted by Crippen LogP contribution is -2.48. The summed E-state index contributed by atoms with van der Waals surface area (Å²) < 4.78 is 40.2. The fourth-order valence-electron chi connectivity index (χ4n) is 2.43. The molecule has 0 radical (unpaired) electrons. The van der Waals surface area contributed by atoms with E-state index < -0.39 is 17.6 Å². The van der Waals surface area contributed by atoms with Gasteiger partial charge in [0.25, 0.3) is 5.91 Å². The molecule has 0 spiro atoms. The molecular weight excluding hydrogens is 273 g/mol. The quantitative estimate of drug-likeness (QED) is 0.859. The van der Waals surface area contributed by atoms with Gasteiger partial charge in [-0.15, -0.1) is 0 Å². The summed E-state index contributed by atoms with van der Waals surface area (Å²) in [5.74, 6) is -0.697. The zero-order valence-electron chi connectivity index (χ0n) is 10.9. The second-order valence-electron chi connectivity index (χ2n) is 5.50. The van der Waals surface area contributed by atoms with Crippen LogP contribution in [0.25, 0.3) is 0 Å². The van der Waals surface area contributed by atoms with Crippen molar-refractivity contribution in [3.05, 3.63) is 17.5 Å². The third-order valence-electron chi connectivity index (χ3n) is 3.90. The van der Waals surface area contributed by atoms with Gasteiger partial charge in [-0.3, -0.25) is 9.48 Å². The zero-order chi connectivity index (χ0) is 14.5. The maximum absolute atomic E-state index is 12.8. The van der Waals surface area contributed by atoms with Gasteiger partial charge in [-0.05, 0) is 19.8 Å². The summed E-state index contributed by atoms with van der Waals surface area (Å²) in [6.45, 7) is 3.02. The van der Waals surface area contributed by atoms with E-state index in [-0.39, 0.29) is 24.4 Å². The molecule has 0 saturated heterocycles. The number of nitrogens with zero attached hydrogens (tertiary/aromatic N) is 2. The van der Waals surface area contributed by atoms with Gasteiger partial charge in [-0.25, -0.2) is 0 Å². The van der Waals surface area contributed by atoms with Crippen molar-refractivity contribution in [2.24, 2.45) is 0 Å². The van der Waals surface area contributed by atoms with Gasteiger partial charge in [0.05, 0.1) is 24.0 Å². The largest absolute Gasteiger partial charge is 0.411 e. The van der Waals surface area contributed by atoms with E-state index in [1.807, 2.05) is 6.92 Å². The van der Waals surface area contributed by atoms with Crippen molar-refractivity contribution in [3.63, 3.8) is 0 Å². The number of hydrogen-bond acceptors (Lipinski definition) is 3. The van der Waals surface area contributed by atoms with E-state index in [1.165, 1.54) is 6.20 Å². The molecule has 5 nitrogen and oxygen atoms in total. The first-order valence-electron chi connectivity index (χ1n) is 6.50. The number of fused-ring (bicyclic) bond motifs is 1. The molecule has 1 amide bonds. The monoisotopic (exact) mass is 288 g/mol. The van der Waals surface area contributed by atoms with Crippen molar-refractivity contribution in [3.8, 4) is 0 Å². The fourth-order valence-corrected chi connectivity index (χ4v) is 2.43. The summed E-state index contributed by atoms with van der Waals surface area (Å²) >= 11 is 0. The van der Waals surface area contributed by atoms with Crippen molar-refractivity contribution in [2.45, 2.75) is 50.6 Å². The molecule has 1 aliphatic carbocycles. The Bertz CT molecular complexity index is 547. The topological polar surface area (TPSA) is 59.0 Å². The smallest absolute Gasteiger partial charge is 0.338 e. The molecule has 2 N–H and O–H groups in total. The molecule has 0 unspecified atom stereocenters. The predicted octanol–water partition coefficient (Wildman–Crippen LogP) is 1.20. The maximum Gasteiger partial charge on any atom is 0.411 e. The van der Waals surface area contributed by atoms with Gasteiger partial charge in [-0.2, -0.15) is 18.3 Å². The van der Waals surface area contributed by atoms with E-state index in [9.17, 15) is 18.0 Å². The Morgan fingerprint density at radius 1 is 1.55 bits per heavy atom. The molecule has 1 fully saturated rings. The Labute approximate surface area is 113 Å². The fraction of sp³-hybridized carbons (Fsp3) is 0.667. The molecule has 20 heavy (non-hydrogen) atoms. The van der Waals surface area contributed by atoms with Crippen molar-refractivity contribution < 1.29 is 18.0 Å². The van der Waals surface area contributed by atoms with Crippen LogP contribution < -0.4 is 10.6 Å². The molecule has 2 heterocycles. The van der Waals surface area contributed by atoms with Gasteiger partial charge in [0.15, 0.2) is 0 Å². The highest BCUT2D eigenvalue weighted by molar-refractivity contribution is 5.96. The number of alkyl halides is 3. The normalized spacial score (nSPS) is 24.1. The van der Waals surface area contributed by atoms with Gasteiger partial charge in [0, 0.05) is 12.6 Å². The SMILES string of the molecule is C[C@H]1Cn2ncc(C(=O)NC3(C(F)(F)F)CC3)c2CN1. The number of rotatable bonds is 2. The molecule has 3 rings (SSSR count). The van der Waals surface area contributed by atoms with E-state index in [2.05, 4.69) is 15.7 Å². The Morgan fingerprint density at radius 2 is 2.25 bits per heavy atom. The van der Waals surface area contributed by atoms with Crippen LogP contribution in [0, 0.1) is 0 Å². The number of carbonyl (C=O) groups excluding carboxylic acids is 1. The van der Waals surface area contributed by atoms with Crippen LogP contribution in [-0.4, -0.2) is 33.4 Å². The summed E-state index contributed by atoms with van der Waals surface area (Å²) in [7, 11) is 0. The molecule has 2 aliphatic rings. The zero-order valence-corrected chi connectivity index (χ0v) is 10.9. The molecule has 1 saturated carbocycles. The van der Waals surface area contributed by atoms with Gasteiger partial charge in [0.2, 0.25) is 0 Å². The van der Waals surface area contributed by atoms with Gasteiger partial charge < -0.3 is 10.6 Å². The lowest BCUT2D eigenvalue weighted by atomic mass is 10.1. The van der Waals surface area contributed by atoms with E-state index in [0.29, 0.717) is 18.8 Å². The average Bonchev–Trinajstić information content (AvgIpc) is 3.02. The van der Waals surface area contributed by atoms with Crippen LogP contribution >= 0.6 is 0 Å². The molecule has 1 aromatic rings. The van der Waals surface area contributed by atoms with Gasteiger partial charge >= 0.3 is 6.18 Å². The van der Waals surface area contributed by atoms with Crippen LogP contribution in [0.2, 0.25) is 0 Å². The molecule has 110 valence electrons. The van der Waals surface area contributed by atoms with Crippen LogP contribution in [-0.2, 0) is 13.1 Å². The third-order valence-corrected chi connectivity index (χ3v) is 3.90. The van der Waals surface area contributed by atoms with Crippen molar-refractivity contribution in [1.82, 2.24) is 20.4 Å². The third kappa shape index (κ3) is 2.07. The minimum Gasteiger partial charge on any atom is -0.338 e. The first-order valence-corrected chi connectivity index (χ1v) is 6.50. The van der Waals surface area contributed by atoms with Crippen LogP contribution in [0.4, 0.5) is 13.2 Å². The summed E-state index contributed by atoms with van der Waals surface area (Å²) in [6, 6.07) is 0.225. The second kappa shape index (κ2) is 4.21. The number of carbonyl (C=O) groups is 1. The van der Waals surface area contributed by atoms with Gasteiger partial charge in [0.1, 0.15) is 5.54 Å². The number of nitrogens with one attached hydrogen (secondary N) is 2. The molecule has 8 heteroatoms. The highest BCUT2D eigenvalue weighted by atomic mass is 19.4. The Morgan fingerprint density at radius 3 is 2.85 bits per heavy atom. The molecule has 1 aliphatic heterocycles. The Hall–Kier alpha value is -1.57. The van der Waals surface area contributed by atoms with E-state index in [0.717, 1.165) is 0 Å². The Kier molecular flexibility index (Phi) is 2.82. The van der Waals surface area contributed by atoms with Crippen LogP contribution in [0.1, 0.15) is 35.8 Å². The van der Waals surface area contributed by atoms with E-state index in [4.69, 9.17) is 0 Å². The van der Waals surface area contributed by atoms with Crippen LogP contribution in [0.5, 0.6) is 0 Å². The van der Waals surface area contributed by atoms with E-state index >= 15 is 0 Å². The summed E-state index contributed by atoms with van der Waals surface area (Å²) in [6.07, 6.45) is -3.17. The average molecular weight is 288 g/mol. The first kappa shape index (κ1) is 13.4. The summed E-state index contributed by atoms with van der Waals surface area (Å²) in [5.41, 5.74) is -1.17. The van der Waals surface area contributed by atoms with Crippen LogP contribution in [0.15, 0.2) is 6.20 Å². The maximum atomic E-state index is 12.8. The Balaban J connectivity index is 1.79. The highest BCUT2D eigenvalue weighted by Gasteiger charge is 2.64. The molecule has 1 aromatic heterocycles. The number of aromatic nitrogens is 2. The lowest BCUT2D eigenvalue weighted by molar-refractivity contribution is -0.163. The molecular formula is C12H15F3N4O.